The van der Waals surface area contributed by atoms with Crippen molar-refractivity contribution in [3.8, 4) is 22.4 Å². The standard InChI is InChI=1S/C26H22N2O2/c29-26(30)21-12-10-20(15-22(21)18-8-4-5-9-18)25-23-14-19(17-6-2-1-3-7-17)11-13-24(23)27-16-28-25/h1-3,6-7,10-16,18H,4-5,8-9H2,(H,29,30). The molecule has 4 aromatic rings. The zero-order valence-corrected chi connectivity index (χ0v) is 16.6. The number of carboxylic acids is 1. The van der Waals surface area contributed by atoms with Crippen molar-refractivity contribution in [3.63, 3.8) is 0 Å². The molecule has 0 amide bonds. The first-order valence-corrected chi connectivity index (χ1v) is 10.4. The highest BCUT2D eigenvalue weighted by atomic mass is 16.4. The predicted octanol–water partition coefficient (Wildman–Crippen LogP) is 6.32. The summed E-state index contributed by atoms with van der Waals surface area (Å²) in [6, 6.07) is 22.1. The van der Waals surface area contributed by atoms with E-state index in [4.69, 9.17) is 0 Å². The minimum Gasteiger partial charge on any atom is -0.478 e. The van der Waals surface area contributed by atoms with Crippen molar-refractivity contribution in [2.45, 2.75) is 31.6 Å². The maximum absolute atomic E-state index is 11.8. The Kier molecular flexibility index (Phi) is 4.75. The molecule has 1 aliphatic rings. The first-order valence-electron chi connectivity index (χ1n) is 10.4. The third-order valence-corrected chi connectivity index (χ3v) is 6.09. The molecular weight excluding hydrogens is 372 g/mol. The molecule has 0 saturated heterocycles. The molecular formula is C26H22N2O2. The van der Waals surface area contributed by atoms with E-state index in [0.29, 0.717) is 11.5 Å². The van der Waals surface area contributed by atoms with Gasteiger partial charge < -0.3 is 5.11 Å². The molecule has 1 N–H and O–H groups in total. The van der Waals surface area contributed by atoms with Gasteiger partial charge in [0.2, 0.25) is 0 Å². The van der Waals surface area contributed by atoms with E-state index in [-0.39, 0.29) is 0 Å². The van der Waals surface area contributed by atoms with Gasteiger partial charge in [-0.15, -0.1) is 0 Å². The molecule has 5 rings (SSSR count). The van der Waals surface area contributed by atoms with Gasteiger partial charge in [0.15, 0.2) is 0 Å². The molecule has 1 aromatic heterocycles. The van der Waals surface area contributed by atoms with E-state index in [1.165, 1.54) is 0 Å². The molecule has 0 spiro atoms. The number of aromatic carboxylic acids is 1. The second-order valence-electron chi connectivity index (χ2n) is 7.91. The van der Waals surface area contributed by atoms with Crippen molar-refractivity contribution in [3.05, 3.63) is 84.2 Å². The van der Waals surface area contributed by atoms with E-state index in [1.54, 1.807) is 12.4 Å². The van der Waals surface area contributed by atoms with Crippen molar-refractivity contribution in [2.75, 3.05) is 0 Å². The quantitative estimate of drug-likeness (QED) is 0.440. The lowest BCUT2D eigenvalue weighted by atomic mass is 9.90. The molecule has 1 aliphatic carbocycles. The summed E-state index contributed by atoms with van der Waals surface area (Å²) in [5.41, 5.74) is 6.26. The van der Waals surface area contributed by atoms with Crippen LogP contribution in [0.1, 0.15) is 47.5 Å². The molecule has 4 nitrogen and oxygen atoms in total. The van der Waals surface area contributed by atoms with Crippen LogP contribution in [-0.4, -0.2) is 21.0 Å². The molecule has 3 aromatic carbocycles. The van der Waals surface area contributed by atoms with Gasteiger partial charge in [0, 0.05) is 10.9 Å². The van der Waals surface area contributed by atoms with Crippen LogP contribution in [0, 0.1) is 0 Å². The zero-order chi connectivity index (χ0) is 20.5. The summed E-state index contributed by atoms with van der Waals surface area (Å²) in [6.07, 6.45) is 5.99. The van der Waals surface area contributed by atoms with Gasteiger partial charge in [-0.1, -0.05) is 55.3 Å². The molecule has 4 heteroatoms. The number of hydrogen-bond acceptors (Lipinski definition) is 3. The Morgan fingerprint density at radius 1 is 0.833 bits per heavy atom. The Balaban J connectivity index is 1.67. The van der Waals surface area contributed by atoms with Crippen LogP contribution in [0.4, 0.5) is 0 Å². The van der Waals surface area contributed by atoms with Crippen molar-refractivity contribution >= 4 is 16.9 Å². The molecule has 0 unspecified atom stereocenters. The normalized spacial score (nSPS) is 14.3. The topological polar surface area (TPSA) is 63.1 Å². The summed E-state index contributed by atoms with van der Waals surface area (Å²) in [5.74, 6) is -0.550. The van der Waals surface area contributed by atoms with Crippen LogP contribution in [0.15, 0.2) is 73.1 Å². The van der Waals surface area contributed by atoms with E-state index in [0.717, 1.165) is 64.5 Å². The molecule has 1 saturated carbocycles. The summed E-state index contributed by atoms with van der Waals surface area (Å²) >= 11 is 0. The number of aromatic nitrogens is 2. The molecule has 1 heterocycles. The van der Waals surface area contributed by atoms with Gasteiger partial charge in [-0.05, 0) is 59.7 Å². The molecule has 1 fully saturated rings. The van der Waals surface area contributed by atoms with Gasteiger partial charge in [-0.2, -0.15) is 0 Å². The van der Waals surface area contributed by atoms with E-state index >= 15 is 0 Å². The monoisotopic (exact) mass is 394 g/mol. The van der Waals surface area contributed by atoms with Gasteiger partial charge in [-0.25, -0.2) is 14.8 Å². The number of hydrogen-bond donors (Lipinski definition) is 1. The number of nitrogens with zero attached hydrogens (tertiary/aromatic N) is 2. The summed E-state index contributed by atoms with van der Waals surface area (Å²) < 4.78 is 0. The second-order valence-corrected chi connectivity index (χ2v) is 7.91. The van der Waals surface area contributed by atoms with Gasteiger partial charge in [0.25, 0.3) is 0 Å². The number of carboxylic acid groups (broad SMARTS) is 1. The van der Waals surface area contributed by atoms with Crippen molar-refractivity contribution in [2.24, 2.45) is 0 Å². The lowest BCUT2D eigenvalue weighted by Crippen LogP contribution is -2.06. The lowest BCUT2D eigenvalue weighted by Gasteiger charge is -2.15. The smallest absolute Gasteiger partial charge is 0.335 e. The summed E-state index contributed by atoms with van der Waals surface area (Å²) in [4.78, 5) is 20.9. The van der Waals surface area contributed by atoms with Crippen LogP contribution in [0.5, 0.6) is 0 Å². The van der Waals surface area contributed by atoms with E-state index < -0.39 is 5.97 Å². The first-order chi connectivity index (χ1) is 14.7. The van der Waals surface area contributed by atoms with Crippen LogP contribution in [0.3, 0.4) is 0 Å². The Bertz CT molecular complexity index is 1230. The fraction of sp³-hybridized carbons (Fsp3) is 0.192. The minimum atomic E-state index is -0.859. The maximum Gasteiger partial charge on any atom is 0.335 e. The van der Waals surface area contributed by atoms with Crippen molar-refractivity contribution < 1.29 is 9.90 Å². The summed E-state index contributed by atoms with van der Waals surface area (Å²) in [5, 5.41) is 10.7. The third kappa shape index (κ3) is 3.35. The van der Waals surface area contributed by atoms with Crippen molar-refractivity contribution in [1.82, 2.24) is 9.97 Å². The third-order valence-electron chi connectivity index (χ3n) is 6.09. The average Bonchev–Trinajstić information content (AvgIpc) is 3.33. The Hall–Kier alpha value is -3.53. The zero-order valence-electron chi connectivity index (χ0n) is 16.6. The average molecular weight is 394 g/mol. The minimum absolute atomic E-state index is 0.309. The Labute approximate surface area is 175 Å². The lowest BCUT2D eigenvalue weighted by molar-refractivity contribution is 0.0695. The maximum atomic E-state index is 11.8. The van der Waals surface area contributed by atoms with Gasteiger partial charge in [-0.3, -0.25) is 0 Å². The van der Waals surface area contributed by atoms with Gasteiger partial charge >= 0.3 is 5.97 Å². The summed E-state index contributed by atoms with van der Waals surface area (Å²) in [6.45, 7) is 0. The number of benzene rings is 3. The molecule has 148 valence electrons. The van der Waals surface area contributed by atoms with Crippen LogP contribution >= 0.6 is 0 Å². The number of rotatable bonds is 4. The highest BCUT2D eigenvalue weighted by Crippen LogP contribution is 2.38. The fourth-order valence-electron chi connectivity index (χ4n) is 4.58. The van der Waals surface area contributed by atoms with Crippen LogP contribution in [-0.2, 0) is 0 Å². The predicted molar refractivity (Wildman–Crippen MR) is 119 cm³/mol. The van der Waals surface area contributed by atoms with Crippen molar-refractivity contribution in [1.29, 1.82) is 0 Å². The Morgan fingerprint density at radius 2 is 1.60 bits per heavy atom. The van der Waals surface area contributed by atoms with Gasteiger partial charge in [0.1, 0.15) is 6.33 Å². The highest BCUT2D eigenvalue weighted by Gasteiger charge is 2.23. The summed E-state index contributed by atoms with van der Waals surface area (Å²) in [7, 11) is 0. The SMILES string of the molecule is O=C(O)c1ccc(-c2ncnc3ccc(-c4ccccc4)cc23)cc1C1CCCC1. The highest BCUT2D eigenvalue weighted by molar-refractivity contribution is 5.96. The molecule has 30 heavy (non-hydrogen) atoms. The molecule has 0 aliphatic heterocycles. The van der Waals surface area contributed by atoms with Crippen LogP contribution in [0.2, 0.25) is 0 Å². The molecule has 0 bridgehead atoms. The fourth-order valence-corrected chi connectivity index (χ4v) is 4.58. The largest absolute Gasteiger partial charge is 0.478 e. The van der Waals surface area contributed by atoms with Gasteiger partial charge in [0.05, 0.1) is 16.8 Å². The number of fused-ring (bicyclic) bond motifs is 1. The van der Waals surface area contributed by atoms with Crippen LogP contribution < -0.4 is 0 Å². The Morgan fingerprint density at radius 3 is 2.37 bits per heavy atom. The van der Waals surface area contributed by atoms with Crippen LogP contribution in [0.25, 0.3) is 33.3 Å². The van der Waals surface area contributed by atoms with E-state index in [9.17, 15) is 9.90 Å². The number of carbonyl (C=O) groups is 1. The first kappa shape index (κ1) is 18.5. The van der Waals surface area contributed by atoms with E-state index in [1.807, 2.05) is 36.4 Å². The molecule has 0 atom stereocenters. The molecule has 0 radical (unpaired) electrons. The van der Waals surface area contributed by atoms with E-state index in [2.05, 4.69) is 34.2 Å². The second kappa shape index (κ2) is 7.71.